The molecule has 0 heterocycles. The van der Waals surface area contributed by atoms with Crippen LogP contribution in [0.5, 0.6) is 0 Å². The third-order valence-corrected chi connectivity index (χ3v) is 2.37. The van der Waals surface area contributed by atoms with E-state index in [0.717, 1.165) is 12.1 Å². The predicted octanol–water partition coefficient (Wildman–Crippen LogP) is 1.84. The molecule has 0 aliphatic carbocycles. The number of aliphatic carboxylic acids is 1. The molecule has 0 bridgehead atoms. The van der Waals surface area contributed by atoms with Crippen LogP contribution in [0.3, 0.4) is 0 Å². The van der Waals surface area contributed by atoms with E-state index in [1.807, 2.05) is 0 Å². The van der Waals surface area contributed by atoms with Gasteiger partial charge in [-0.3, -0.25) is 9.59 Å². The van der Waals surface area contributed by atoms with E-state index in [1.54, 1.807) is 0 Å². The number of halogens is 3. The Morgan fingerprint density at radius 2 is 2.00 bits per heavy atom. The van der Waals surface area contributed by atoms with E-state index in [2.05, 4.69) is 5.32 Å². The van der Waals surface area contributed by atoms with Gasteiger partial charge in [-0.1, -0.05) is 18.2 Å². The van der Waals surface area contributed by atoms with Gasteiger partial charge < -0.3 is 10.4 Å². The summed E-state index contributed by atoms with van der Waals surface area (Å²) in [6, 6.07) is 3.26. The highest BCUT2D eigenvalue weighted by molar-refractivity contribution is 5.84. The first-order valence-corrected chi connectivity index (χ1v) is 5.38. The molecule has 0 aliphatic heterocycles. The van der Waals surface area contributed by atoms with Gasteiger partial charge in [0.25, 0.3) is 0 Å². The Labute approximate surface area is 107 Å². The summed E-state index contributed by atoms with van der Waals surface area (Å²) >= 11 is 0. The van der Waals surface area contributed by atoms with Crippen LogP contribution in [0.4, 0.5) is 13.2 Å². The van der Waals surface area contributed by atoms with Crippen LogP contribution in [0.1, 0.15) is 18.1 Å². The highest BCUT2D eigenvalue weighted by Gasteiger charge is 2.30. The normalized spacial score (nSPS) is 12.8. The zero-order chi connectivity index (χ0) is 14.6. The summed E-state index contributed by atoms with van der Waals surface area (Å²) in [6.45, 7) is 1.27. The molecule has 0 spiro atoms. The molecule has 104 valence electrons. The van der Waals surface area contributed by atoms with Crippen molar-refractivity contribution in [1.82, 2.24) is 5.32 Å². The van der Waals surface area contributed by atoms with Crippen molar-refractivity contribution >= 4 is 11.9 Å². The van der Waals surface area contributed by atoms with E-state index >= 15 is 0 Å². The zero-order valence-electron chi connectivity index (χ0n) is 9.99. The first kappa shape index (κ1) is 15.0. The molecule has 1 amide bonds. The lowest BCUT2D eigenvalue weighted by molar-refractivity contribution is -0.141. The van der Waals surface area contributed by atoms with Gasteiger partial charge >= 0.3 is 12.1 Å². The Morgan fingerprint density at radius 1 is 1.37 bits per heavy atom. The van der Waals surface area contributed by atoms with Gasteiger partial charge in [0.1, 0.15) is 6.04 Å². The van der Waals surface area contributed by atoms with Crippen LogP contribution in [0, 0.1) is 0 Å². The average molecular weight is 275 g/mol. The molecule has 1 atom stereocenters. The summed E-state index contributed by atoms with van der Waals surface area (Å²) in [5.74, 6) is -1.85. The van der Waals surface area contributed by atoms with Crippen LogP contribution in [0.2, 0.25) is 0 Å². The molecular formula is C12H12F3NO3. The highest BCUT2D eigenvalue weighted by Crippen LogP contribution is 2.29. The van der Waals surface area contributed by atoms with Gasteiger partial charge in [-0.15, -0.1) is 0 Å². The average Bonchev–Trinajstić information content (AvgIpc) is 2.27. The summed E-state index contributed by atoms with van der Waals surface area (Å²) < 4.78 is 37.3. The number of hydrogen-bond acceptors (Lipinski definition) is 2. The van der Waals surface area contributed by atoms with Crippen molar-refractivity contribution in [3.05, 3.63) is 35.4 Å². The smallest absolute Gasteiger partial charge is 0.416 e. The third kappa shape index (κ3) is 4.61. The van der Waals surface area contributed by atoms with Crippen molar-refractivity contribution in [2.24, 2.45) is 0 Å². The van der Waals surface area contributed by atoms with Gasteiger partial charge in [-0.2, -0.15) is 13.2 Å². The number of nitrogens with one attached hydrogen (secondary N) is 1. The SMILES string of the molecule is C[C@@H](NC(=O)Cc1cccc(C(F)(F)F)c1)C(=O)O. The van der Waals surface area contributed by atoms with Crippen LogP contribution in [0.15, 0.2) is 24.3 Å². The molecule has 0 fully saturated rings. The van der Waals surface area contributed by atoms with Crippen LogP contribution >= 0.6 is 0 Å². The maximum atomic E-state index is 12.4. The molecule has 0 saturated heterocycles. The van der Waals surface area contributed by atoms with Crippen molar-refractivity contribution in [2.75, 3.05) is 0 Å². The first-order valence-electron chi connectivity index (χ1n) is 5.38. The van der Waals surface area contributed by atoms with E-state index in [-0.39, 0.29) is 12.0 Å². The molecule has 0 aliphatic rings. The molecule has 1 aromatic carbocycles. The van der Waals surface area contributed by atoms with E-state index in [0.29, 0.717) is 0 Å². The lowest BCUT2D eigenvalue weighted by Crippen LogP contribution is -2.39. The molecule has 19 heavy (non-hydrogen) atoms. The molecule has 0 aromatic heterocycles. The molecule has 1 aromatic rings. The maximum Gasteiger partial charge on any atom is 0.416 e. The largest absolute Gasteiger partial charge is 0.480 e. The summed E-state index contributed by atoms with van der Waals surface area (Å²) in [4.78, 5) is 21.9. The van der Waals surface area contributed by atoms with Crippen molar-refractivity contribution in [3.8, 4) is 0 Å². The van der Waals surface area contributed by atoms with Gasteiger partial charge in [-0.25, -0.2) is 0 Å². The monoisotopic (exact) mass is 275 g/mol. The topological polar surface area (TPSA) is 66.4 Å². The second kappa shape index (κ2) is 5.73. The molecule has 4 nitrogen and oxygen atoms in total. The van der Waals surface area contributed by atoms with Crippen molar-refractivity contribution in [2.45, 2.75) is 25.6 Å². The lowest BCUT2D eigenvalue weighted by atomic mass is 10.1. The van der Waals surface area contributed by atoms with Gasteiger partial charge in [0, 0.05) is 0 Å². The van der Waals surface area contributed by atoms with E-state index in [9.17, 15) is 22.8 Å². The Kier molecular flexibility index (Phi) is 4.52. The van der Waals surface area contributed by atoms with Crippen molar-refractivity contribution in [1.29, 1.82) is 0 Å². The Hall–Kier alpha value is -2.05. The fourth-order valence-corrected chi connectivity index (χ4v) is 1.40. The van der Waals surface area contributed by atoms with Crippen molar-refractivity contribution in [3.63, 3.8) is 0 Å². The molecule has 0 saturated carbocycles. The molecule has 0 unspecified atom stereocenters. The second-order valence-corrected chi connectivity index (χ2v) is 4.00. The Balaban J connectivity index is 2.73. The minimum absolute atomic E-state index is 0.171. The quantitative estimate of drug-likeness (QED) is 0.881. The summed E-state index contributed by atoms with van der Waals surface area (Å²) in [5, 5.41) is 10.8. The lowest BCUT2D eigenvalue weighted by Gasteiger charge is -2.11. The Morgan fingerprint density at radius 3 is 2.53 bits per heavy atom. The number of carboxylic acids is 1. The first-order chi connectivity index (χ1) is 8.70. The van der Waals surface area contributed by atoms with Gasteiger partial charge in [-0.05, 0) is 18.6 Å². The van der Waals surface area contributed by atoms with Gasteiger partial charge in [0.05, 0.1) is 12.0 Å². The van der Waals surface area contributed by atoms with Crippen molar-refractivity contribution < 1.29 is 27.9 Å². The van der Waals surface area contributed by atoms with Crippen LogP contribution in [-0.4, -0.2) is 23.0 Å². The van der Waals surface area contributed by atoms with Crippen LogP contribution in [0.25, 0.3) is 0 Å². The fraction of sp³-hybridized carbons (Fsp3) is 0.333. The molecular weight excluding hydrogens is 263 g/mol. The van der Waals surface area contributed by atoms with E-state index in [4.69, 9.17) is 5.11 Å². The van der Waals surface area contributed by atoms with Crippen LogP contribution in [-0.2, 0) is 22.2 Å². The number of carbonyl (C=O) groups is 2. The number of alkyl halides is 3. The standard InChI is InChI=1S/C12H12F3NO3/c1-7(11(18)19)16-10(17)6-8-3-2-4-9(5-8)12(13,14)15/h2-5,7H,6H2,1H3,(H,16,17)(H,18,19)/t7-/m1/s1. The number of benzene rings is 1. The van der Waals surface area contributed by atoms with Gasteiger partial charge in [0.15, 0.2) is 0 Å². The minimum Gasteiger partial charge on any atom is -0.480 e. The van der Waals surface area contributed by atoms with Crippen LogP contribution < -0.4 is 5.32 Å². The van der Waals surface area contributed by atoms with Gasteiger partial charge in [0.2, 0.25) is 5.91 Å². The third-order valence-electron chi connectivity index (χ3n) is 2.37. The summed E-state index contributed by atoms with van der Waals surface area (Å²) in [5.41, 5.74) is -0.672. The Bertz CT molecular complexity index is 485. The molecule has 1 rings (SSSR count). The molecule has 0 radical (unpaired) electrons. The summed E-state index contributed by atoms with van der Waals surface area (Å²) in [7, 11) is 0. The second-order valence-electron chi connectivity index (χ2n) is 4.00. The van der Waals surface area contributed by atoms with E-state index in [1.165, 1.54) is 19.1 Å². The maximum absolute atomic E-state index is 12.4. The number of rotatable bonds is 4. The number of carboxylic acid groups (broad SMARTS) is 1. The fourth-order valence-electron chi connectivity index (χ4n) is 1.40. The minimum atomic E-state index is -4.47. The predicted molar refractivity (Wildman–Crippen MR) is 60.4 cm³/mol. The number of hydrogen-bond donors (Lipinski definition) is 2. The number of amides is 1. The molecule has 2 N–H and O–H groups in total. The zero-order valence-corrected chi connectivity index (χ0v) is 9.99. The highest BCUT2D eigenvalue weighted by atomic mass is 19.4. The van der Waals surface area contributed by atoms with E-state index < -0.39 is 29.7 Å². The molecule has 7 heteroatoms. The number of carbonyl (C=O) groups excluding carboxylic acids is 1. The summed E-state index contributed by atoms with van der Waals surface area (Å²) in [6.07, 6.45) is -4.78.